The van der Waals surface area contributed by atoms with Gasteiger partial charge in [-0.1, -0.05) is 6.42 Å². The van der Waals surface area contributed by atoms with Crippen molar-refractivity contribution in [3.05, 3.63) is 0 Å². The second-order valence-electron chi connectivity index (χ2n) is 7.98. The first kappa shape index (κ1) is 18.3. The summed E-state index contributed by atoms with van der Waals surface area (Å²) in [4.78, 5) is 26.8. The summed E-state index contributed by atoms with van der Waals surface area (Å²) in [6.45, 7) is 2.10. The molecular weight excluding hydrogens is 346 g/mol. The SMILES string of the molecule is CC12CCC(=O)N1C(C(=O)NC1C3CCCC1CC(N)C3)CS2.Cl. The maximum Gasteiger partial charge on any atom is 0.243 e. The molecule has 2 saturated carbocycles. The summed E-state index contributed by atoms with van der Waals surface area (Å²) in [6, 6.07) is 0.283. The van der Waals surface area contributed by atoms with Crippen LogP contribution in [0.4, 0.5) is 0 Å². The highest BCUT2D eigenvalue weighted by atomic mass is 35.5. The van der Waals surface area contributed by atoms with Crippen molar-refractivity contribution in [2.24, 2.45) is 17.6 Å². The Balaban J connectivity index is 0.00000169. The van der Waals surface area contributed by atoms with E-state index in [1.54, 1.807) is 11.8 Å². The molecule has 2 saturated heterocycles. The van der Waals surface area contributed by atoms with Crippen LogP contribution in [0.1, 0.15) is 51.9 Å². The van der Waals surface area contributed by atoms with Crippen LogP contribution in [0.15, 0.2) is 0 Å². The van der Waals surface area contributed by atoms with Crippen LogP contribution in [-0.2, 0) is 9.59 Å². The number of halogens is 1. The second-order valence-corrected chi connectivity index (χ2v) is 9.48. The van der Waals surface area contributed by atoms with E-state index in [-0.39, 0.29) is 41.2 Å². The van der Waals surface area contributed by atoms with Crippen molar-refractivity contribution in [3.63, 3.8) is 0 Å². The van der Waals surface area contributed by atoms with Crippen LogP contribution >= 0.6 is 24.2 Å². The Bertz CT molecular complexity index is 520. The highest BCUT2D eigenvalue weighted by Crippen LogP contribution is 2.47. The fraction of sp³-hybridized carbons (Fsp3) is 0.882. The lowest BCUT2D eigenvalue weighted by molar-refractivity contribution is -0.139. The minimum absolute atomic E-state index is 0. The van der Waals surface area contributed by atoms with E-state index >= 15 is 0 Å². The molecule has 3 N–H and O–H groups in total. The van der Waals surface area contributed by atoms with E-state index in [9.17, 15) is 9.59 Å². The van der Waals surface area contributed by atoms with Crippen molar-refractivity contribution >= 4 is 36.0 Å². The molecule has 0 aromatic heterocycles. The van der Waals surface area contributed by atoms with Gasteiger partial charge in [0.15, 0.2) is 0 Å². The Morgan fingerprint density at radius 1 is 1.33 bits per heavy atom. The third-order valence-electron chi connectivity index (χ3n) is 6.43. The van der Waals surface area contributed by atoms with Gasteiger partial charge in [-0.2, -0.15) is 0 Å². The first-order chi connectivity index (χ1) is 11.0. The smallest absolute Gasteiger partial charge is 0.243 e. The molecule has 7 heteroatoms. The molecule has 2 amide bonds. The number of nitrogens with zero attached hydrogens (tertiary/aromatic N) is 1. The molecule has 0 aromatic carbocycles. The van der Waals surface area contributed by atoms with E-state index in [0.29, 0.717) is 24.3 Å². The van der Waals surface area contributed by atoms with Gasteiger partial charge < -0.3 is 16.0 Å². The molecule has 24 heavy (non-hydrogen) atoms. The van der Waals surface area contributed by atoms with Gasteiger partial charge in [-0.05, 0) is 50.9 Å². The third kappa shape index (κ3) is 2.95. The molecule has 2 heterocycles. The quantitative estimate of drug-likeness (QED) is 0.775. The monoisotopic (exact) mass is 373 g/mol. The Kier molecular flexibility index (Phi) is 5.11. The molecule has 4 atom stereocenters. The highest BCUT2D eigenvalue weighted by molar-refractivity contribution is 8.01. The summed E-state index contributed by atoms with van der Waals surface area (Å²) in [5.41, 5.74) is 6.18. The van der Waals surface area contributed by atoms with Gasteiger partial charge in [0.1, 0.15) is 6.04 Å². The minimum Gasteiger partial charge on any atom is -0.351 e. The van der Waals surface area contributed by atoms with Crippen molar-refractivity contribution in [2.45, 2.75) is 74.9 Å². The molecule has 0 spiro atoms. The zero-order valence-electron chi connectivity index (χ0n) is 14.2. The molecule has 2 aliphatic heterocycles. The van der Waals surface area contributed by atoms with Gasteiger partial charge in [0.2, 0.25) is 11.8 Å². The third-order valence-corrected chi connectivity index (χ3v) is 7.94. The number of rotatable bonds is 2. The van der Waals surface area contributed by atoms with Crippen LogP contribution in [-0.4, -0.2) is 45.5 Å². The fourth-order valence-electron chi connectivity index (χ4n) is 5.30. The van der Waals surface area contributed by atoms with Crippen LogP contribution in [0.25, 0.3) is 0 Å². The molecule has 0 radical (unpaired) electrons. The molecule has 2 bridgehead atoms. The summed E-state index contributed by atoms with van der Waals surface area (Å²) in [6.07, 6.45) is 7.11. The first-order valence-electron chi connectivity index (χ1n) is 9.00. The van der Waals surface area contributed by atoms with Crippen LogP contribution in [0.2, 0.25) is 0 Å². The van der Waals surface area contributed by atoms with Crippen molar-refractivity contribution in [1.29, 1.82) is 0 Å². The lowest BCUT2D eigenvalue weighted by Gasteiger charge is -2.45. The van der Waals surface area contributed by atoms with E-state index in [1.165, 1.54) is 19.3 Å². The Hall–Kier alpha value is -0.460. The molecule has 4 fully saturated rings. The molecule has 4 rings (SSSR count). The van der Waals surface area contributed by atoms with Crippen LogP contribution in [0, 0.1) is 11.8 Å². The van der Waals surface area contributed by atoms with Gasteiger partial charge in [0.05, 0.1) is 4.87 Å². The van der Waals surface area contributed by atoms with Crippen molar-refractivity contribution in [2.75, 3.05) is 5.75 Å². The summed E-state index contributed by atoms with van der Waals surface area (Å²) in [5.74, 6) is 1.99. The average molecular weight is 374 g/mol. The Labute approximate surface area is 154 Å². The largest absolute Gasteiger partial charge is 0.351 e. The van der Waals surface area contributed by atoms with Crippen molar-refractivity contribution in [1.82, 2.24) is 10.2 Å². The number of carbonyl (C=O) groups is 2. The van der Waals surface area contributed by atoms with Crippen LogP contribution in [0.5, 0.6) is 0 Å². The molecule has 2 aliphatic carbocycles. The zero-order valence-corrected chi connectivity index (χ0v) is 15.8. The van der Waals surface area contributed by atoms with E-state index in [1.807, 2.05) is 4.90 Å². The number of fused-ring (bicyclic) bond motifs is 3. The minimum atomic E-state index is -0.281. The van der Waals surface area contributed by atoms with Gasteiger partial charge in [-0.3, -0.25) is 9.59 Å². The number of nitrogens with one attached hydrogen (secondary N) is 1. The van der Waals surface area contributed by atoms with E-state index in [4.69, 9.17) is 5.73 Å². The number of amides is 2. The average Bonchev–Trinajstić information content (AvgIpc) is 2.97. The molecular formula is C17H28ClN3O2S. The maximum atomic E-state index is 12.9. The van der Waals surface area contributed by atoms with Gasteiger partial charge >= 0.3 is 0 Å². The van der Waals surface area contributed by atoms with Gasteiger partial charge in [0.25, 0.3) is 0 Å². The van der Waals surface area contributed by atoms with E-state index in [2.05, 4.69) is 12.2 Å². The number of thioether (sulfide) groups is 1. The zero-order chi connectivity index (χ0) is 16.2. The molecule has 136 valence electrons. The summed E-state index contributed by atoms with van der Waals surface area (Å²) >= 11 is 1.76. The van der Waals surface area contributed by atoms with Crippen LogP contribution < -0.4 is 11.1 Å². The number of hydrogen-bond acceptors (Lipinski definition) is 4. The summed E-state index contributed by atoms with van der Waals surface area (Å²) in [5, 5.41) is 3.33. The number of hydrogen-bond donors (Lipinski definition) is 2. The van der Waals surface area contributed by atoms with Gasteiger partial charge in [-0.15, -0.1) is 24.2 Å². The maximum absolute atomic E-state index is 12.9. The van der Waals surface area contributed by atoms with E-state index < -0.39 is 0 Å². The summed E-state index contributed by atoms with van der Waals surface area (Å²) in [7, 11) is 0. The fourth-order valence-corrected chi connectivity index (χ4v) is 6.73. The number of carbonyl (C=O) groups excluding carboxylic acids is 2. The predicted molar refractivity (Wildman–Crippen MR) is 98.0 cm³/mol. The Morgan fingerprint density at radius 3 is 2.67 bits per heavy atom. The van der Waals surface area contributed by atoms with E-state index in [0.717, 1.165) is 25.0 Å². The standard InChI is InChI=1S/C17H27N3O2S.ClH/c1-17-6-5-14(21)20(17)13(9-23-17)16(22)19-15-10-3-2-4-11(15)8-12(18)7-10;/h10-13,15H,2-9,18H2,1H3,(H,19,22);1H. The highest BCUT2D eigenvalue weighted by Gasteiger charge is 2.53. The molecule has 4 unspecified atom stereocenters. The lowest BCUT2D eigenvalue weighted by atomic mass is 9.67. The lowest BCUT2D eigenvalue weighted by Crippen LogP contribution is -2.58. The second kappa shape index (κ2) is 6.69. The van der Waals surface area contributed by atoms with Crippen molar-refractivity contribution < 1.29 is 9.59 Å². The normalized spacial score (nSPS) is 44.0. The predicted octanol–water partition coefficient (Wildman–Crippen LogP) is 1.88. The van der Waals surface area contributed by atoms with Gasteiger partial charge in [0, 0.05) is 24.3 Å². The van der Waals surface area contributed by atoms with Crippen molar-refractivity contribution in [3.8, 4) is 0 Å². The first-order valence-corrected chi connectivity index (χ1v) is 9.98. The molecule has 0 aromatic rings. The Morgan fingerprint density at radius 2 is 2.00 bits per heavy atom. The molecule has 4 aliphatic rings. The van der Waals surface area contributed by atoms with Crippen LogP contribution in [0.3, 0.4) is 0 Å². The molecule has 5 nitrogen and oxygen atoms in total. The van der Waals surface area contributed by atoms with Gasteiger partial charge in [-0.25, -0.2) is 0 Å². The topological polar surface area (TPSA) is 75.4 Å². The summed E-state index contributed by atoms with van der Waals surface area (Å²) < 4.78 is 0. The number of nitrogens with two attached hydrogens (primary N) is 1.